The van der Waals surface area contributed by atoms with Crippen molar-refractivity contribution in [2.24, 2.45) is 17.3 Å². The molecule has 5 rings (SSSR count). The third-order valence-corrected chi connectivity index (χ3v) is 7.31. The summed E-state index contributed by atoms with van der Waals surface area (Å²) in [4.78, 5) is 43.6. The summed E-state index contributed by atoms with van der Waals surface area (Å²) in [6.45, 7) is 5.23. The predicted molar refractivity (Wildman–Crippen MR) is 124 cm³/mol. The molecule has 4 atom stereocenters. The van der Waals surface area contributed by atoms with Gasteiger partial charge in [0.15, 0.2) is 5.78 Å². The average Bonchev–Trinajstić information content (AvgIpc) is 3.25. The van der Waals surface area contributed by atoms with Crippen molar-refractivity contribution in [2.75, 3.05) is 4.90 Å². The fourth-order valence-electron chi connectivity index (χ4n) is 5.42. The van der Waals surface area contributed by atoms with E-state index in [9.17, 15) is 27.6 Å². The normalized spacial score (nSPS) is 25.6. The lowest BCUT2D eigenvalue weighted by Crippen LogP contribution is -2.47. The molecule has 2 saturated heterocycles. The summed E-state index contributed by atoms with van der Waals surface area (Å²) in [5, 5.41) is -0.529. The van der Waals surface area contributed by atoms with Crippen molar-refractivity contribution < 1.29 is 27.6 Å². The van der Waals surface area contributed by atoms with Crippen molar-refractivity contribution in [3.05, 3.63) is 70.4 Å². The molecule has 9 heteroatoms. The number of rotatable bonds is 2. The minimum absolute atomic E-state index is 0.209. The number of alkyl halides is 3. The Bertz CT molecular complexity index is 1300. The standard InChI is InChI=1S/C26H22ClF3N2O3/c1-25(2,3)22(33)21-19-18(20-15-7-5-4-6-13(15)10-11-31(20)21)23(34)32(24(19)35)14-8-9-17(27)16(12-14)26(28,29)30/h4-12,18-21H,1-3H3/t18-,19+,20+,21-/m0/s1. The average molecular weight is 503 g/mol. The molecule has 0 saturated carbocycles. The molecule has 0 aliphatic carbocycles. The van der Waals surface area contributed by atoms with Gasteiger partial charge in [0.25, 0.3) is 0 Å². The zero-order valence-corrected chi connectivity index (χ0v) is 19.9. The van der Waals surface area contributed by atoms with Crippen LogP contribution in [-0.2, 0) is 20.6 Å². The number of imide groups is 1. The summed E-state index contributed by atoms with van der Waals surface area (Å²) < 4.78 is 40.5. The molecule has 0 bridgehead atoms. The van der Waals surface area contributed by atoms with Gasteiger partial charge in [-0.25, -0.2) is 4.90 Å². The highest BCUT2D eigenvalue weighted by Gasteiger charge is 2.65. The summed E-state index contributed by atoms with van der Waals surface area (Å²) in [7, 11) is 0. The molecule has 0 unspecified atom stereocenters. The largest absolute Gasteiger partial charge is 0.417 e. The Labute approximate surface area is 205 Å². The van der Waals surface area contributed by atoms with Gasteiger partial charge in [-0.05, 0) is 35.4 Å². The lowest BCUT2D eigenvalue weighted by Gasteiger charge is -2.37. The molecule has 0 aromatic heterocycles. The number of carbonyl (C=O) groups excluding carboxylic acids is 3. The predicted octanol–water partition coefficient (Wildman–Crippen LogP) is 5.49. The monoisotopic (exact) mass is 502 g/mol. The Kier molecular flexibility index (Phi) is 5.18. The lowest BCUT2D eigenvalue weighted by molar-refractivity contribution is -0.137. The number of amides is 2. The van der Waals surface area contributed by atoms with Gasteiger partial charge in [0, 0.05) is 11.6 Å². The second kappa shape index (κ2) is 7.68. The Balaban J connectivity index is 1.66. The Morgan fingerprint density at radius 3 is 2.29 bits per heavy atom. The molecular formula is C26H22ClF3N2O3. The highest BCUT2D eigenvalue weighted by molar-refractivity contribution is 6.32. The number of carbonyl (C=O) groups is 3. The Morgan fingerprint density at radius 2 is 1.63 bits per heavy atom. The van der Waals surface area contributed by atoms with Gasteiger partial charge in [0.2, 0.25) is 11.8 Å². The maximum absolute atomic E-state index is 13.8. The second-order valence-electron chi connectivity index (χ2n) is 10.1. The summed E-state index contributed by atoms with van der Waals surface area (Å²) in [5.74, 6) is -3.47. The van der Waals surface area contributed by atoms with E-state index in [1.807, 2.05) is 30.3 Å². The summed E-state index contributed by atoms with van der Waals surface area (Å²) >= 11 is 5.75. The number of Topliss-reactive ketones (excluding diaryl/α,β-unsaturated/α-hetero) is 1. The van der Waals surface area contributed by atoms with Gasteiger partial charge in [-0.3, -0.25) is 14.4 Å². The van der Waals surface area contributed by atoms with Gasteiger partial charge >= 0.3 is 6.18 Å². The second-order valence-corrected chi connectivity index (χ2v) is 10.5. The number of halogens is 4. The van der Waals surface area contributed by atoms with Crippen LogP contribution in [0, 0.1) is 17.3 Å². The summed E-state index contributed by atoms with van der Waals surface area (Å²) in [6.07, 6.45) is -1.17. The van der Waals surface area contributed by atoms with Crippen LogP contribution in [0.3, 0.4) is 0 Å². The molecule has 2 amide bonds. The first kappa shape index (κ1) is 23.6. The highest BCUT2D eigenvalue weighted by Crippen LogP contribution is 2.54. The quantitative estimate of drug-likeness (QED) is 0.510. The topological polar surface area (TPSA) is 57.7 Å². The number of hydrogen-bond donors (Lipinski definition) is 0. The molecule has 3 aliphatic rings. The lowest BCUT2D eigenvalue weighted by atomic mass is 9.79. The van der Waals surface area contributed by atoms with Gasteiger partial charge < -0.3 is 4.90 Å². The van der Waals surface area contributed by atoms with Crippen LogP contribution in [0.1, 0.15) is 43.5 Å². The van der Waals surface area contributed by atoms with Crippen LogP contribution in [0.5, 0.6) is 0 Å². The van der Waals surface area contributed by atoms with E-state index in [4.69, 9.17) is 11.6 Å². The van der Waals surface area contributed by atoms with Gasteiger partial charge in [-0.15, -0.1) is 0 Å². The van der Waals surface area contributed by atoms with Gasteiger partial charge in [0.1, 0.15) is 6.04 Å². The van der Waals surface area contributed by atoms with Crippen molar-refractivity contribution in [3.63, 3.8) is 0 Å². The Hall–Kier alpha value is -3.13. The number of anilines is 1. The molecule has 2 aromatic rings. The van der Waals surface area contributed by atoms with Gasteiger partial charge in [-0.2, -0.15) is 13.2 Å². The number of fused-ring (bicyclic) bond motifs is 5. The van der Waals surface area contributed by atoms with Crippen molar-refractivity contribution in [2.45, 2.75) is 39.0 Å². The first-order chi connectivity index (χ1) is 16.3. The van der Waals surface area contributed by atoms with Gasteiger partial charge in [0.05, 0.1) is 34.2 Å². The molecule has 3 aliphatic heterocycles. The van der Waals surface area contributed by atoms with E-state index < -0.39 is 57.9 Å². The maximum Gasteiger partial charge on any atom is 0.417 e. The van der Waals surface area contributed by atoms with E-state index in [-0.39, 0.29) is 11.5 Å². The van der Waals surface area contributed by atoms with E-state index in [1.165, 1.54) is 6.07 Å². The molecular weight excluding hydrogens is 481 g/mol. The minimum Gasteiger partial charge on any atom is -0.359 e. The molecule has 182 valence electrons. The maximum atomic E-state index is 13.8. The van der Waals surface area contributed by atoms with Crippen LogP contribution >= 0.6 is 11.6 Å². The van der Waals surface area contributed by atoms with Crippen LogP contribution < -0.4 is 4.90 Å². The highest BCUT2D eigenvalue weighted by atomic mass is 35.5. The van der Waals surface area contributed by atoms with Crippen LogP contribution in [0.2, 0.25) is 5.02 Å². The van der Waals surface area contributed by atoms with Crippen LogP contribution in [0.25, 0.3) is 6.08 Å². The van der Waals surface area contributed by atoms with E-state index in [1.54, 1.807) is 31.9 Å². The van der Waals surface area contributed by atoms with Crippen molar-refractivity contribution in [3.8, 4) is 0 Å². The molecule has 5 nitrogen and oxygen atoms in total. The van der Waals surface area contributed by atoms with Crippen LogP contribution in [-0.4, -0.2) is 28.5 Å². The van der Waals surface area contributed by atoms with Crippen molar-refractivity contribution in [1.29, 1.82) is 0 Å². The third-order valence-electron chi connectivity index (χ3n) is 6.98. The molecule has 0 N–H and O–H groups in total. The number of hydrogen-bond acceptors (Lipinski definition) is 4. The van der Waals surface area contributed by atoms with E-state index in [0.29, 0.717) is 6.07 Å². The molecule has 0 spiro atoms. The fraction of sp³-hybridized carbons (Fsp3) is 0.346. The smallest absolute Gasteiger partial charge is 0.359 e. The fourth-order valence-corrected chi connectivity index (χ4v) is 5.65. The molecule has 0 radical (unpaired) electrons. The molecule has 2 fully saturated rings. The van der Waals surface area contributed by atoms with Crippen molar-refractivity contribution in [1.82, 2.24) is 4.90 Å². The third kappa shape index (κ3) is 3.49. The SMILES string of the molecule is CC(C)(C)C(=O)[C@@H]1[C@@H]2C(=O)N(c3ccc(Cl)c(C(F)(F)F)c3)C(=O)[C@@H]2[C@H]2c3ccccc3C=CN12. The van der Waals surface area contributed by atoms with E-state index >= 15 is 0 Å². The van der Waals surface area contributed by atoms with Crippen LogP contribution in [0.4, 0.5) is 18.9 Å². The number of ketones is 1. The Morgan fingerprint density at radius 1 is 0.971 bits per heavy atom. The van der Waals surface area contributed by atoms with Crippen LogP contribution in [0.15, 0.2) is 48.7 Å². The summed E-state index contributed by atoms with van der Waals surface area (Å²) in [6, 6.07) is 8.85. The molecule has 3 heterocycles. The zero-order chi connectivity index (χ0) is 25.4. The number of nitrogens with zero attached hydrogens (tertiary/aromatic N) is 2. The zero-order valence-electron chi connectivity index (χ0n) is 19.1. The number of benzene rings is 2. The molecule has 35 heavy (non-hydrogen) atoms. The summed E-state index contributed by atoms with van der Waals surface area (Å²) in [5.41, 5.74) is -0.497. The van der Waals surface area contributed by atoms with Crippen molar-refractivity contribution >= 4 is 41.0 Å². The molecule has 2 aromatic carbocycles. The van der Waals surface area contributed by atoms with Gasteiger partial charge in [-0.1, -0.05) is 56.6 Å². The van der Waals surface area contributed by atoms with E-state index in [0.717, 1.165) is 22.1 Å². The first-order valence-electron chi connectivity index (χ1n) is 11.2. The minimum atomic E-state index is -4.76. The van der Waals surface area contributed by atoms with E-state index in [2.05, 4.69) is 0 Å². The first-order valence-corrected chi connectivity index (χ1v) is 11.5.